The maximum absolute atomic E-state index is 12.8. The molecule has 0 saturated carbocycles. The molecule has 8 nitrogen and oxygen atoms in total. The van der Waals surface area contributed by atoms with Crippen LogP contribution in [0.25, 0.3) is 11.1 Å². The minimum absolute atomic E-state index is 0.0705. The van der Waals surface area contributed by atoms with E-state index in [0.29, 0.717) is 33.7 Å². The normalized spacial score (nSPS) is 16.0. The molecule has 33 heavy (non-hydrogen) atoms. The second-order valence-corrected chi connectivity index (χ2v) is 11.2. The largest absolute Gasteiger partial charge is 0.497 e. The van der Waals surface area contributed by atoms with Crippen LogP contribution in [0.15, 0.2) is 57.0 Å². The van der Waals surface area contributed by atoms with Crippen LogP contribution in [0.2, 0.25) is 0 Å². The van der Waals surface area contributed by atoms with Crippen molar-refractivity contribution in [2.75, 3.05) is 24.9 Å². The predicted molar refractivity (Wildman–Crippen MR) is 128 cm³/mol. The summed E-state index contributed by atoms with van der Waals surface area (Å²) in [6.45, 7) is 5.61. The molecule has 1 N–H and O–H groups in total. The third-order valence-electron chi connectivity index (χ3n) is 5.71. The summed E-state index contributed by atoms with van der Waals surface area (Å²) in [4.78, 5) is 19.1. The Morgan fingerprint density at radius 2 is 1.91 bits per heavy atom. The number of carbonyl (C=O) groups is 1. The number of anilines is 1. The lowest BCUT2D eigenvalue weighted by Crippen LogP contribution is -2.41. The summed E-state index contributed by atoms with van der Waals surface area (Å²) in [6.07, 6.45) is 2.04. The molecular weight excluding hydrogens is 462 g/mol. The van der Waals surface area contributed by atoms with Gasteiger partial charge in [0, 0.05) is 18.8 Å². The van der Waals surface area contributed by atoms with Gasteiger partial charge in [-0.05, 0) is 68.1 Å². The van der Waals surface area contributed by atoms with Gasteiger partial charge in [0.2, 0.25) is 5.91 Å². The Bertz CT molecular complexity index is 1230. The van der Waals surface area contributed by atoms with E-state index < -0.39 is 10.0 Å². The lowest BCUT2D eigenvalue weighted by atomic mass is 9.99. The predicted octanol–water partition coefficient (Wildman–Crippen LogP) is 4.38. The quantitative estimate of drug-likeness (QED) is 0.492. The number of amides is 1. The number of methoxy groups -OCH3 is 1. The van der Waals surface area contributed by atoms with Crippen LogP contribution in [0.5, 0.6) is 5.75 Å². The third kappa shape index (κ3) is 5.44. The Kier molecular flexibility index (Phi) is 6.85. The molecule has 2 aromatic carbocycles. The van der Waals surface area contributed by atoms with Crippen LogP contribution in [-0.4, -0.2) is 49.7 Å². The number of nitrogens with one attached hydrogen (secondary N) is 1. The van der Waals surface area contributed by atoms with E-state index in [1.165, 1.54) is 23.9 Å². The number of oxazole rings is 1. The van der Waals surface area contributed by atoms with E-state index in [1.54, 1.807) is 37.4 Å². The highest BCUT2D eigenvalue weighted by Gasteiger charge is 2.26. The zero-order valence-electron chi connectivity index (χ0n) is 18.8. The zero-order valence-corrected chi connectivity index (χ0v) is 20.4. The van der Waals surface area contributed by atoms with Crippen molar-refractivity contribution in [3.05, 3.63) is 42.5 Å². The van der Waals surface area contributed by atoms with Gasteiger partial charge in [-0.15, -0.1) is 0 Å². The summed E-state index contributed by atoms with van der Waals surface area (Å²) in [5, 5.41) is 0.000277. The van der Waals surface area contributed by atoms with Crippen molar-refractivity contribution in [1.82, 2.24) is 9.88 Å². The van der Waals surface area contributed by atoms with Crippen LogP contribution in [0.1, 0.15) is 26.7 Å². The molecule has 2 heterocycles. The smallest absolute Gasteiger partial charge is 0.261 e. The fourth-order valence-corrected chi connectivity index (χ4v) is 5.58. The Hall–Kier alpha value is -2.72. The first-order chi connectivity index (χ1) is 15.7. The molecule has 1 amide bonds. The molecule has 10 heteroatoms. The molecular formula is C23H27N3O5S2. The van der Waals surface area contributed by atoms with Crippen LogP contribution in [0, 0.1) is 5.92 Å². The number of likely N-dealkylation sites (tertiary alicyclic amines) is 1. The van der Waals surface area contributed by atoms with E-state index in [1.807, 2.05) is 11.8 Å². The van der Waals surface area contributed by atoms with Gasteiger partial charge in [0.15, 0.2) is 5.58 Å². The SMILES string of the molecule is COc1ccc(NS(=O)(=O)c2ccc3oc(SC(C)C(=O)N4CCC(C)CC4)nc3c2)cc1. The summed E-state index contributed by atoms with van der Waals surface area (Å²) >= 11 is 1.25. The minimum atomic E-state index is -3.81. The second kappa shape index (κ2) is 9.64. The number of aromatic nitrogens is 1. The number of fused-ring (bicyclic) bond motifs is 1. The number of piperidine rings is 1. The monoisotopic (exact) mass is 489 g/mol. The van der Waals surface area contributed by atoms with Gasteiger partial charge >= 0.3 is 0 Å². The van der Waals surface area contributed by atoms with Crippen molar-refractivity contribution in [2.24, 2.45) is 5.92 Å². The number of benzene rings is 2. The van der Waals surface area contributed by atoms with Crippen LogP contribution < -0.4 is 9.46 Å². The highest BCUT2D eigenvalue weighted by molar-refractivity contribution is 8.00. The summed E-state index contributed by atoms with van der Waals surface area (Å²) in [5.41, 5.74) is 1.31. The van der Waals surface area contributed by atoms with Gasteiger partial charge in [-0.25, -0.2) is 13.4 Å². The lowest BCUT2D eigenvalue weighted by Gasteiger charge is -2.31. The van der Waals surface area contributed by atoms with E-state index in [-0.39, 0.29) is 16.1 Å². The molecule has 0 spiro atoms. The number of ether oxygens (including phenoxy) is 1. The number of hydrogen-bond acceptors (Lipinski definition) is 7. The van der Waals surface area contributed by atoms with E-state index in [4.69, 9.17) is 9.15 Å². The van der Waals surface area contributed by atoms with Crippen LogP contribution in [-0.2, 0) is 14.8 Å². The van der Waals surface area contributed by atoms with Crippen LogP contribution in [0.4, 0.5) is 5.69 Å². The molecule has 0 radical (unpaired) electrons. The average molecular weight is 490 g/mol. The molecule has 4 rings (SSSR count). The van der Waals surface area contributed by atoms with Crippen LogP contribution in [0.3, 0.4) is 0 Å². The first-order valence-corrected chi connectivity index (χ1v) is 13.1. The maximum atomic E-state index is 12.8. The van der Waals surface area contributed by atoms with Crippen molar-refractivity contribution in [3.63, 3.8) is 0 Å². The third-order valence-corrected chi connectivity index (χ3v) is 8.02. The molecule has 1 aromatic heterocycles. The van der Waals surface area contributed by atoms with Crippen molar-refractivity contribution in [1.29, 1.82) is 0 Å². The molecule has 0 aliphatic carbocycles. The van der Waals surface area contributed by atoms with E-state index in [2.05, 4.69) is 16.6 Å². The molecule has 0 bridgehead atoms. The van der Waals surface area contributed by atoms with Gasteiger partial charge in [-0.3, -0.25) is 9.52 Å². The number of sulfonamides is 1. The Labute approximate surface area is 197 Å². The molecule has 3 aromatic rings. The summed E-state index contributed by atoms with van der Waals surface area (Å²) < 4.78 is 39.0. The number of hydrogen-bond donors (Lipinski definition) is 1. The molecule has 1 unspecified atom stereocenters. The molecule has 176 valence electrons. The molecule has 1 aliphatic rings. The fourth-order valence-electron chi connectivity index (χ4n) is 3.66. The van der Waals surface area contributed by atoms with E-state index in [0.717, 1.165) is 25.9 Å². The number of thioether (sulfide) groups is 1. The molecule has 1 atom stereocenters. The van der Waals surface area contributed by atoms with Crippen molar-refractivity contribution in [2.45, 2.75) is 42.1 Å². The number of carbonyl (C=O) groups excluding carboxylic acids is 1. The Balaban J connectivity index is 1.46. The zero-order chi connectivity index (χ0) is 23.6. The molecule has 1 aliphatic heterocycles. The molecule has 1 fully saturated rings. The van der Waals surface area contributed by atoms with Crippen molar-refractivity contribution in [3.8, 4) is 5.75 Å². The summed E-state index contributed by atoms with van der Waals surface area (Å²) in [5.74, 6) is 1.36. The average Bonchev–Trinajstić information content (AvgIpc) is 3.21. The lowest BCUT2D eigenvalue weighted by molar-refractivity contribution is -0.131. The number of rotatable bonds is 7. The highest BCUT2D eigenvalue weighted by Crippen LogP contribution is 2.30. The maximum Gasteiger partial charge on any atom is 0.261 e. The van der Waals surface area contributed by atoms with Gasteiger partial charge in [0.05, 0.1) is 17.3 Å². The van der Waals surface area contributed by atoms with Gasteiger partial charge in [-0.1, -0.05) is 18.7 Å². The summed E-state index contributed by atoms with van der Waals surface area (Å²) in [6, 6.07) is 11.1. The van der Waals surface area contributed by atoms with Crippen molar-refractivity contribution < 1.29 is 22.4 Å². The van der Waals surface area contributed by atoms with Gasteiger partial charge in [-0.2, -0.15) is 0 Å². The second-order valence-electron chi connectivity index (χ2n) is 8.21. The Morgan fingerprint density at radius 1 is 1.21 bits per heavy atom. The standard InChI is InChI=1S/C23H27N3O5S2/c1-15-10-12-26(13-11-15)22(27)16(2)32-23-24-20-14-19(8-9-21(20)31-23)33(28,29)25-17-4-6-18(30-3)7-5-17/h4-9,14-16,25H,10-13H2,1-3H3. The number of nitrogens with zero attached hydrogens (tertiary/aromatic N) is 2. The van der Waals surface area contributed by atoms with Gasteiger partial charge < -0.3 is 14.1 Å². The van der Waals surface area contributed by atoms with E-state index >= 15 is 0 Å². The topological polar surface area (TPSA) is 102 Å². The first kappa shape index (κ1) is 23.4. The highest BCUT2D eigenvalue weighted by atomic mass is 32.2. The van der Waals surface area contributed by atoms with Crippen LogP contribution >= 0.6 is 11.8 Å². The molecule has 1 saturated heterocycles. The first-order valence-electron chi connectivity index (χ1n) is 10.8. The minimum Gasteiger partial charge on any atom is -0.497 e. The van der Waals surface area contributed by atoms with Crippen molar-refractivity contribution >= 4 is 44.5 Å². The Morgan fingerprint density at radius 3 is 2.58 bits per heavy atom. The fraction of sp³-hybridized carbons (Fsp3) is 0.391. The summed E-state index contributed by atoms with van der Waals surface area (Å²) in [7, 11) is -2.27. The van der Waals surface area contributed by atoms with E-state index in [9.17, 15) is 13.2 Å². The van der Waals surface area contributed by atoms with Gasteiger partial charge in [0.25, 0.3) is 15.2 Å². The van der Waals surface area contributed by atoms with Gasteiger partial charge in [0.1, 0.15) is 11.3 Å².